The summed E-state index contributed by atoms with van der Waals surface area (Å²) in [5.41, 5.74) is 1.16. The number of nitrogens with zero attached hydrogens (tertiary/aromatic N) is 3. The van der Waals surface area contributed by atoms with Crippen LogP contribution in [0.3, 0.4) is 0 Å². The Kier molecular flexibility index (Phi) is 4.96. The van der Waals surface area contributed by atoms with Crippen molar-refractivity contribution in [2.45, 2.75) is 25.3 Å². The zero-order valence-electron chi connectivity index (χ0n) is 13.8. The van der Waals surface area contributed by atoms with Gasteiger partial charge in [-0.2, -0.15) is 0 Å². The molecule has 1 aromatic rings. The summed E-state index contributed by atoms with van der Waals surface area (Å²) in [7, 11) is 2.09. The Morgan fingerprint density at radius 2 is 1.91 bits per heavy atom. The fourth-order valence-electron chi connectivity index (χ4n) is 3.46. The molecule has 0 spiro atoms. The molecule has 2 aliphatic rings. The predicted octanol–water partition coefficient (Wildman–Crippen LogP) is 1.51. The van der Waals surface area contributed by atoms with Crippen molar-refractivity contribution in [2.75, 3.05) is 39.8 Å². The van der Waals surface area contributed by atoms with Crippen LogP contribution in [-0.4, -0.2) is 66.3 Å². The third-order valence-corrected chi connectivity index (χ3v) is 4.84. The van der Waals surface area contributed by atoms with Crippen molar-refractivity contribution in [1.29, 1.82) is 0 Å². The van der Waals surface area contributed by atoms with Crippen LogP contribution in [0.5, 0.6) is 0 Å². The van der Waals surface area contributed by atoms with Gasteiger partial charge in [-0.15, -0.1) is 0 Å². The Morgan fingerprint density at radius 1 is 1.13 bits per heavy atom. The summed E-state index contributed by atoms with van der Waals surface area (Å²) in [5, 5.41) is 0. The lowest BCUT2D eigenvalue weighted by Gasteiger charge is -2.41. The molecule has 0 bridgehead atoms. The van der Waals surface area contributed by atoms with E-state index in [4.69, 9.17) is 0 Å². The van der Waals surface area contributed by atoms with Crippen LogP contribution in [0.4, 0.5) is 0 Å². The lowest BCUT2D eigenvalue weighted by atomic mass is 10.0. The molecule has 1 aromatic carbocycles. The summed E-state index contributed by atoms with van der Waals surface area (Å²) in [4.78, 5) is 30.7. The molecule has 0 radical (unpaired) electrons. The van der Waals surface area contributed by atoms with Crippen LogP contribution in [0.25, 0.3) is 0 Å². The Labute approximate surface area is 137 Å². The number of piperidine rings is 1. The standard InChI is InChI=1S/C18H25N3O2/c1-19-11-12-21(16(13-19)15-7-3-2-4-8-15)18(23)14-20-10-6-5-9-17(20)22/h2-4,7-8,16H,5-6,9-14H2,1H3. The molecule has 3 rings (SSSR count). The summed E-state index contributed by atoms with van der Waals surface area (Å²) in [6, 6.07) is 10.3. The average molecular weight is 315 g/mol. The number of likely N-dealkylation sites (N-methyl/N-ethyl adjacent to an activating group) is 1. The third-order valence-electron chi connectivity index (χ3n) is 4.84. The van der Waals surface area contributed by atoms with Crippen molar-refractivity contribution >= 4 is 11.8 Å². The molecule has 2 aliphatic heterocycles. The van der Waals surface area contributed by atoms with E-state index in [-0.39, 0.29) is 24.4 Å². The first kappa shape index (κ1) is 16.0. The van der Waals surface area contributed by atoms with Crippen molar-refractivity contribution in [3.05, 3.63) is 35.9 Å². The highest BCUT2D eigenvalue weighted by Crippen LogP contribution is 2.25. The van der Waals surface area contributed by atoms with Crippen molar-refractivity contribution in [3.63, 3.8) is 0 Å². The molecular formula is C18H25N3O2. The Hall–Kier alpha value is -1.88. The Bertz CT molecular complexity index is 561. The molecule has 2 fully saturated rings. The van der Waals surface area contributed by atoms with E-state index in [0.29, 0.717) is 13.0 Å². The minimum absolute atomic E-state index is 0.0715. The first-order valence-electron chi connectivity index (χ1n) is 8.46. The number of rotatable bonds is 3. The average Bonchev–Trinajstić information content (AvgIpc) is 2.57. The fourth-order valence-corrected chi connectivity index (χ4v) is 3.46. The normalized spacial score (nSPS) is 23.2. The summed E-state index contributed by atoms with van der Waals surface area (Å²) in [6.07, 6.45) is 2.53. The van der Waals surface area contributed by atoms with E-state index in [9.17, 15) is 9.59 Å². The second kappa shape index (κ2) is 7.13. The molecule has 0 N–H and O–H groups in total. The molecule has 5 nitrogen and oxygen atoms in total. The number of hydrogen-bond acceptors (Lipinski definition) is 3. The molecule has 2 heterocycles. The van der Waals surface area contributed by atoms with Crippen LogP contribution in [0.1, 0.15) is 30.9 Å². The quantitative estimate of drug-likeness (QED) is 0.849. The molecule has 23 heavy (non-hydrogen) atoms. The number of amides is 2. The van der Waals surface area contributed by atoms with Crippen molar-refractivity contribution in [1.82, 2.24) is 14.7 Å². The summed E-state index contributed by atoms with van der Waals surface area (Å²) >= 11 is 0. The molecule has 1 unspecified atom stereocenters. The zero-order valence-corrected chi connectivity index (χ0v) is 13.8. The van der Waals surface area contributed by atoms with Crippen LogP contribution in [-0.2, 0) is 9.59 Å². The van der Waals surface area contributed by atoms with Gasteiger partial charge >= 0.3 is 0 Å². The molecule has 0 saturated carbocycles. The topological polar surface area (TPSA) is 43.9 Å². The SMILES string of the molecule is CN1CCN(C(=O)CN2CCCCC2=O)C(c2ccccc2)C1. The van der Waals surface area contributed by atoms with Gasteiger partial charge in [0.1, 0.15) is 0 Å². The summed E-state index contributed by atoms with van der Waals surface area (Å²) in [5.74, 6) is 0.192. The number of benzene rings is 1. The minimum atomic E-state index is 0.0715. The minimum Gasteiger partial charge on any atom is -0.333 e. The van der Waals surface area contributed by atoms with Crippen LogP contribution in [0, 0.1) is 0 Å². The van der Waals surface area contributed by atoms with Gasteiger partial charge in [0, 0.05) is 32.6 Å². The van der Waals surface area contributed by atoms with Crippen LogP contribution in [0.15, 0.2) is 30.3 Å². The summed E-state index contributed by atoms with van der Waals surface area (Å²) in [6.45, 7) is 3.38. The number of piperazine rings is 1. The van der Waals surface area contributed by atoms with E-state index in [1.54, 1.807) is 4.90 Å². The van der Waals surface area contributed by atoms with Gasteiger partial charge in [0.25, 0.3) is 0 Å². The maximum atomic E-state index is 12.8. The number of carbonyl (C=O) groups is 2. The molecule has 2 amide bonds. The largest absolute Gasteiger partial charge is 0.333 e. The number of carbonyl (C=O) groups excluding carboxylic acids is 2. The zero-order chi connectivity index (χ0) is 16.2. The summed E-state index contributed by atoms with van der Waals surface area (Å²) < 4.78 is 0. The third kappa shape index (κ3) is 3.72. The van der Waals surface area contributed by atoms with Gasteiger partial charge in [-0.3, -0.25) is 9.59 Å². The van der Waals surface area contributed by atoms with Gasteiger partial charge in [-0.25, -0.2) is 0 Å². The van der Waals surface area contributed by atoms with Crippen LogP contribution < -0.4 is 0 Å². The second-order valence-corrected chi connectivity index (χ2v) is 6.55. The van der Waals surface area contributed by atoms with E-state index in [2.05, 4.69) is 24.1 Å². The van der Waals surface area contributed by atoms with E-state index in [1.165, 1.54) is 0 Å². The maximum Gasteiger partial charge on any atom is 0.242 e. The number of hydrogen-bond donors (Lipinski definition) is 0. The Morgan fingerprint density at radius 3 is 2.65 bits per heavy atom. The smallest absolute Gasteiger partial charge is 0.242 e. The predicted molar refractivity (Wildman–Crippen MR) is 88.8 cm³/mol. The highest BCUT2D eigenvalue weighted by Gasteiger charge is 2.32. The molecule has 5 heteroatoms. The monoisotopic (exact) mass is 315 g/mol. The van der Waals surface area contributed by atoms with E-state index < -0.39 is 0 Å². The fraction of sp³-hybridized carbons (Fsp3) is 0.556. The van der Waals surface area contributed by atoms with E-state index >= 15 is 0 Å². The Balaban J connectivity index is 1.73. The van der Waals surface area contributed by atoms with Crippen molar-refractivity contribution < 1.29 is 9.59 Å². The van der Waals surface area contributed by atoms with Gasteiger partial charge in [-0.1, -0.05) is 30.3 Å². The van der Waals surface area contributed by atoms with Gasteiger partial charge < -0.3 is 14.7 Å². The van der Waals surface area contributed by atoms with Gasteiger partial charge in [0.15, 0.2) is 0 Å². The van der Waals surface area contributed by atoms with E-state index in [1.807, 2.05) is 23.1 Å². The van der Waals surface area contributed by atoms with Crippen LogP contribution >= 0.6 is 0 Å². The first-order chi connectivity index (χ1) is 11.1. The van der Waals surface area contributed by atoms with E-state index in [0.717, 1.165) is 38.0 Å². The molecule has 124 valence electrons. The van der Waals surface area contributed by atoms with Crippen molar-refractivity contribution in [2.24, 2.45) is 0 Å². The molecule has 2 saturated heterocycles. The molecule has 0 aliphatic carbocycles. The first-order valence-corrected chi connectivity index (χ1v) is 8.46. The molecule has 0 aromatic heterocycles. The van der Waals surface area contributed by atoms with Gasteiger partial charge in [-0.05, 0) is 25.5 Å². The molecular weight excluding hydrogens is 290 g/mol. The molecule has 1 atom stereocenters. The number of likely N-dealkylation sites (tertiary alicyclic amines) is 1. The van der Waals surface area contributed by atoms with Crippen LogP contribution in [0.2, 0.25) is 0 Å². The van der Waals surface area contributed by atoms with Gasteiger partial charge in [0.05, 0.1) is 12.6 Å². The lowest BCUT2D eigenvalue weighted by molar-refractivity contribution is -0.144. The highest BCUT2D eigenvalue weighted by atomic mass is 16.2. The maximum absolute atomic E-state index is 12.8. The van der Waals surface area contributed by atoms with Crippen molar-refractivity contribution in [3.8, 4) is 0 Å². The lowest BCUT2D eigenvalue weighted by Crippen LogP contribution is -2.52. The second-order valence-electron chi connectivity index (χ2n) is 6.55. The van der Waals surface area contributed by atoms with Gasteiger partial charge in [0.2, 0.25) is 11.8 Å². The highest BCUT2D eigenvalue weighted by molar-refractivity contribution is 5.85.